The summed E-state index contributed by atoms with van der Waals surface area (Å²) in [7, 11) is 2.04. The molecule has 1 fully saturated rings. The lowest BCUT2D eigenvalue weighted by Crippen LogP contribution is -2.38. The van der Waals surface area contributed by atoms with Crippen molar-refractivity contribution in [2.75, 3.05) is 39.8 Å². The number of carbonyl (C=O) groups is 3. The zero-order chi connectivity index (χ0) is 29.8. The predicted octanol–water partition coefficient (Wildman–Crippen LogP) is 4.94. The molecule has 2 aromatic rings. The smallest absolute Gasteiger partial charge is 0.305 e. The number of hydrogen-bond acceptors (Lipinski definition) is 6. The molecule has 2 aliphatic heterocycles. The first-order valence-electron chi connectivity index (χ1n) is 14.5. The second kappa shape index (κ2) is 12.9. The molecule has 0 spiro atoms. The summed E-state index contributed by atoms with van der Waals surface area (Å²) in [6, 6.07) is 14.9. The summed E-state index contributed by atoms with van der Waals surface area (Å²) < 4.78 is 5.15. The topological polar surface area (TPSA) is 82.5 Å². The Hall–Kier alpha value is -3.91. The van der Waals surface area contributed by atoms with E-state index in [2.05, 4.69) is 29.0 Å². The maximum atomic E-state index is 13.9. The van der Waals surface area contributed by atoms with E-state index in [4.69, 9.17) is 16.3 Å². The zero-order valence-corrected chi connectivity index (χ0v) is 25.1. The minimum absolute atomic E-state index is 0.0440. The van der Waals surface area contributed by atoms with Gasteiger partial charge in [0.05, 0.1) is 19.7 Å². The quantitative estimate of drug-likeness (QED) is 0.408. The van der Waals surface area contributed by atoms with Gasteiger partial charge in [0.1, 0.15) is 12.4 Å². The Morgan fingerprint density at radius 1 is 1.05 bits per heavy atom. The average molecular weight is 589 g/mol. The Morgan fingerprint density at radius 3 is 2.45 bits per heavy atom. The van der Waals surface area contributed by atoms with Crippen LogP contribution < -0.4 is 0 Å². The minimum atomic E-state index is -0.219. The third kappa shape index (κ3) is 6.59. The van der Waals surface area contributed by atoms with Crippen molar-refractivity contribution in [1.29, 1.82) is 0 Å². The number of ether oxygens (including phenoxy) is 1. The fourth-order valence-electron chi connectivity index (χ4n) is 5.77. The van der Waals surface area contributed by atoms with Crippen LogP contribution in [0.3, 0.4) is 0 Å². The Bertz CT molecular complexity index is 1430. The number of nitrogens with zero attached hydrogens (tertiary/aromatic N) is 4. The van der Waals surface area contributed by atoms with E-state index in [1.54, 1.807) is 41.0 Å². The molecule has 220 valence electrons. The Balaban J connectivity index is 1.43. The van der Waals surface area contributed by atoms with Crippen LogP contribution in [-0.2, 0) is 20.9 Å². The second-order valence-corrected chi connectivity index (χ2v) is 11.5. The third-order valence-corrected chi connectivity index (χ3v) is 8.35. The minimum Gasteiger partial charge on any atom is -0.466 e. The molecule has 0 saturated carbocycles. The summed E-state index contributed by atoms with van der Waals surface area (Å²) in [5, 5.41) is 0.547. The van der Waals surface area contributed by atoms with Crippen molar-refractivity contribution in [3.05, 3.63) is 93.7 Å². The van der Waals surface area contributed by atoms with Crippen LogP contribution in [0.15, 0.2) is 76.9 Å². The number of esters is 1. The number of allylic oxidation sites excluding steroid dienone is 2. The fraction of sp³-hybridized carbons (Fsp3) is 0.394. The molecule has 2 unspecified atom stereocenters. The molecule has 5 rings (SSSR count). The van der Waals surface area contributed by atoms with Crippen LogP contribution in [0, 0.1) is 11.8 Å². The maximum absolute atomic E-state index is 13.9. The lowest BCUT2D eigenvalue weighted by molar-refractivity contribution is -0.143. The zero-order valence-electron chi connectivity index (χ0n) is 24.4. The highest BCUT2D eigenvalue weighted by Gasteiger charge is 2.35. The van der Waals surface area contributed by atoms with E-state index < -0.39 is 0 Å². The van der Waals surface area contributed by atoms with Crippen molar-refractivity contribution in [3.63, 3.8) is 0 Å². The summed E-state index contributed by atoms with van der Waals surface area (Å²) in [5.74, 6) is 0.565. The number of hydrogen-bond donors (Lipinski definition) is 0. The second-order valence-electron chi connectivity index (χ2n) is 11.1. The lowest BCUT2D eigenvalue weighted by Gasteiger charge is -2.32. The SMILES string of the molecule is CCOC(=O)CCC1C=C2C(=CC1C)CN(C(=O)c1ccc(Cl)cc1)CC(=O)N2Cc1ccc(C2=NCCN2C)cc1. The van der Waals surface area contributed by atoms with E-state index in [0.29, 0.717) is 43.1 Å². The van der Waals surface area contributed by atoms with Gasteiger partial charge in [0, 0.05) is 48.4 Å². The van der Waals surface area contributed by atoms with Gasteiger partial charge in [-0.25, -0.2) is 0 Å². The van der Waals surface area contributed by atoms with Gasteiger partial charge in [-0.15, -0.1) is 0 Å². The fourth-order valence-corrected chi connectivity index (χ4v) is 5.90. The number of carbonyl (C=O) groups excluding carboxylic acids is 3. The van der Waals surface area contributed by atoms with Gasteiger partial charge >= 0.3 is 5.97 Å². The molecule has 3 aliphatic rings. The lowest BCUT2D eigenvalue weighted by atomic mass is 9.82. The summed E-state index contributed by atoms with van der Waals surface area (Å²) in [4.78, 5) is 49.7. The number of rotatable bonds is 8. The number of halogens is 1. The van der Waals surface area contributed by atoms with Crippen LogP contribution in [0.5, 0.6) is 0 Å². The molecular weight excluding hydrogens is 552 g/mol. The highest BCUT2D eigenvalue weighted by molar-refractivity contribution is 6.30. The highest BCUT2D eigenvalue weighted by Crippen LogP contribution is 2.35. The predicted molar refractivity (Wildman–Crippen MR) is 163 cm³/mol. The van der Waals surface area contributed by atoms with Gasteiger partial charge in [-0.05, 0) is 60.6 Å². The first-order valence-corrected chi connectivity index (χ1v) is 14.9. The molecule has 2 atom stereocenters. The van der Waals surface area contributed by atoms with Crippen LogP contribution in [-0.4, -0.2) is 78.2 Å². The van der Waals surface area contributed by atoms with Gasteiger partial charge in [0.2, 0.25) is 5.91 Å². The molecule has 0 bridgehead atoms. The number of fused-ring (bicyclic) bond motifs is 1. The molecule has 8 nitrogen and oxygen atoms in total. The molecule has 2 aromatic carbocycles. The van der Waals surface area contributed by atoms with E-state index in [9.17, 15) is 14.4 Å². The average Bonchev–Trinajstić information content (AvgIpc) is 3.36. The normalized spacial score (nSPS) is 20.4. The van der Waals surface area contributed by atoms with Crippen LogP contribution in [0.4, 0.5) is 0 Å². The van der Waals surface area contributed by atoms with E-state index in [0.717, 1.165) is 41.3 Å². The van der Waals surface area contributed by atoms with Crippen LogP contribution in [0.2, 0.25) is 5.02 Å². The molecule has 0 aromatic heterocycles. The van der Waals surface area contributed by atoms with Gasteiger partial charge in [0.25, 0.3) is 5.91 Å². The molecule has 1 aliphatic carbocycles. The summed E-state index contributed by atoms with van der Waals surface area (Å²) in [5.41, 5.74) is 4.25. The molecule has 9 heteroatoms. The van der Waals surface area contributed by atoms with E-state index in [1.165, 1.54) is 0 Å². The number of aliphatic imine (C=N–C) groups is 1. The summed E-state index contributed by atoms with van der Waals surface area (Å²) >= 11 is 6.04. The van der Waals surface area contributed by atoms with Crippen LogP contribution in [0.1, 0.15) is 48.2 Å². The van der Waals surface area contributed by atoms with Crippen molar-refractivity contribution < 1.29 is 19.1 Å². The van der Waals surface area contributed by atoms with E-state index >= 15 is 0 Å². The number of amides is 2. The van der Waals surface area contributed by atoms with Gasteiger partial charge in [-0.1, -0.05) is 54.9 Å². The summed E-state index contributed by atoms with van der Waals surface area (Å²) in [6.07, 6.45) is 5.19. The standard InChI is InChI=1S/C33H37ClN4O4/c1-4-42-31(40)14-11-26-18-29-27(17-22(26)2)20-37(33(41)25-9-12-28(34)13-10-25)21-30(39)38(29)19-23-5-7-24(8-6-23)32-35-15-16-36(32)3/h5-10,12-13,17-18,22,26H,4,11,14-16,19-21H2,1-3H3. The molecular formula is C33H37ClN4O4. The van der Waals surface area contributed by atoms with E-state index in [1.807, 2.05) is 31.3 Å². The molecule has 42 heavy (non-hydrogen) atoms. The third-order valence-electron chi connectivity index (χ3n) is 8.10. The van der Waals surface area contributed by atoms with Crippen molar-refractivity contribution >= 4 is 35.2 Å². The number of amidine groups is 1. The maximum Gasteiger partial charge on any atom is 0.305 e. The molecule has 2 heterocycles. The van der Waals surface area contributed by atoms with E-state index in [-0.39, 0.29) is 36.2 Å². The number of likely N-dealkylation sites (N-methyl/N-ethyl adjacent to an activating group) is 1. The van der Waals surface area contributed by atoms with Crippen LogP contribution in [0.25, 0.3) is 0 Å². The number of benzene rings is 2. The van der Waals surface area contributed by atoms with Gasteiger partial charge in [-0.2, -0.15) is 0 Å². The monoisotopic (exact) mass is 588 g/mol. The van der Waals surface area contributed by atoms with Crippen molar-refractivity contribution in [3.8, 4) is 0 Å². The van der Waals surface area contributed by atoms with Crippen molar-refractivity contribution in [2.45, 2.75) is 33.2 Å². The van der Waals surface area contributed by atoms with Crippen molar-refractivity contribution in [2.24, 2.45) is 16.8 Å². The Kier molecular flexibility index (Phi) is 9.12. The molecule has 2 amide bonds. The first-order chi connectivity index (χ1) is 20.2. The van der Waals surface area contributed by atoms with Gasteiger partial charge in [0.15, 0.2) is 0 Å². The molecule has 1 saturated heterocycles. The first kappa shape index (κ1) is 29.6. The van der Waals surface area contributed by atoms with Gasteiger partial charge < -0.3 is 19.4 Å². The Labute approximate surface area is 252 Å². The largest absolute Gasteiger partial charge is 0.466 e. The van der Waals surface area contributed by atoms with Gasteiger partial charge in [-0.3, -0.25) is 19.4 Å². The molecule has 0 radical (unpaired) electrons. The van der Waals surface area contributed by atoms with Crippen LogP contribution >= 0.6 is 11.6 Å². The highest BCUT2D eigenvalue weighted by atomic mass is 35.5. The Morgan fingerprint density at radius 2 is 1.79 bits per heavy atom. The summed E-state index contributed by atoms with van der Waals surface area (Å²) in [6.45, 7) is 6.60. The molecule has 0 N–H and O–H groups in total. The van der Waals surface area contributed by atoms with Crippen molar-refractivity contribution in [1.82, 2.24) is 14.7 Å².